The smallest absolute Gasteiger partial charge is 0.341 e. The number of piperidine rings is 1. The van der Waals surface area contributed by atoms with Crippen LogP contribution in [0.5, 0.6) is 0 Å². The molecule has 7 heteroatoms. The lowest BCUT2D eigenvalue weighted by molar-refractivity contribution is 0.0694. The molecule has 0 aromatic carbocycles. The summed E-state index contributed by atoms with van der Waals surface area (Å²) in [7, 11) is 0. The lowest BCUT2D eigenvalue weighted by Crippen LogP contribution is -2.40. The van der Waals surface area contributed by atoms with E-state index in [1.165, 1.54) is 6.07 Å². The van der Waals surface area contributed by atoms with E-state index in [1.54, 1.807) is 0 Å². The van der Waals surface area contributed by atoms with Crippen molar-refractivity contribution in [1.29, 1.82) is 0 Å². The first-order chi connectivity index (χ1) is 13.5. The number of hydrogen-bond acceptors (Lipinski definition) is 4. The van der Waals surface area contributed by atoms with E-state index in [-0.39, 0.29) is 11.5 Å². The van der Waals surface area contributed by atoms with Crippen LogP contribution in [0.4, 0.5) is 10.1 Å². The topological polar surface area (TPSA) is 74.0 Å². The quantitative estimate of drug-likeness (QED) is 0.795. The van der Waals surface area contributed by atoms with Gasteiger partial charge in [-0.2, -0.15) is 4.39 Å². The summed E-state index contributed by atoms with van der Waals surface area (Å²) in [5.74, 6) is -1.26. The molecule has 4 heterocycles. The van der Waals surface area contributed by atoms with Gasteiger partial charge in [-0.15, -0.1) is 0 Å². The standard InChI is InChI=1S/C21H24FN3O3/c1-11-7-17-14(12-4-5-12)8-15(21(27)28)20(26)25(17)19(22)18(11)24-9-13-3-2-6-23-16(13)10-24/h7-8,12-13,16,23H,2-6,9-10H2,1H3,(H,27,28)/t13-,16+/m0/s1. The number of aryl methyl sites for hydroxylation is 1. The van der Waals surface area contributed by atoms with Crippen molar-refractivity contribution in [3.05, 3.63) is 45.1 Å². The van der Waals surface area contributed by atoms with Gasteiger partial charge in [0.25, 0.3) is 5.56 Å². The van der Waals surface area contributed by atoms with Gasteiger partial charge < -0.3 is 15.3 Å². The monoisotopic (exact) mass is 385 g/mol. The maximum absolute atomic E-state index is 15.7. The van der Waals surface area contributed by atoms with Crippen LogP contribution in [0, 0.1) is 18.8 Å². The fraction of sp³-hybridized carbons (Fsp3) is 0.524. The molecule has 0 amide bonds. The number of carboxylic acid groups (broad SMARTS) is 1. The zero-order valence-corrected chi connectivity index (χ0v) is 15.9. The highest BCUT2D eigenvalue weighted by atomic mass is 19.1. The number of hydrogen-bond donors (Lipinski definition) is 2. The van der Waals surface area contributed by atoms with Crippen LogP contribution in [0.25, 0.3) is 5.52 Å². The molecule has 2 atom stereocenters. The first-order valence-electron chi connectivity index (χ1n) is 10.1. The minimum atomic E-state index is -1.31. The van der Waals surface area contributed by atoms with Crippen LogP contribution in [-0.4, -0.2) is 41.2 Å². The largest absolute Gasteiger partial charge is 0.477 e. The molecule has 1 saturated carbocycles. The summed E-state index contributed by atoms with van der Waals surface area (Å²) in [4.78, 5) is 26.4. The van der Waals surface area contributed by atoms with Gasteiger partial charge in [-0.1, -0.05) is 0 Å². The van der Waals surface area contributed by atoms with Gasteiger partial charge in [0, 0.05) is 19.1 Å². The van der Waals surface area contributed by atoms with Crippen LogP contribution < -0.4 is 15.8 Å². The molecule has 0 spiro atoms. The summed E-state index contributed by atoms with van der Waals surface area (Å²) >= 11 is 0. The maximum atomic E-state index is 15.7. The molecule has 3 fully saturated rings. The molecule has 2 N–H and O–H groups in total. The minimum absolute atomic E-state index is 0.206. The molecule has 0 bridgehead atoms. The predicted octanol–water partition coefficient (Wildman–Crippen LogP) is 2.51. The average Bonchev–Trinajstić information content (AvgIpc) is 3.40. The Hall–Kier alpha value is -2.41. The minimum Gasteiger partial charge on any atom is -0.477 e. The summed E-state index contributed by atoms with van der Waals surface area (Å²) < 4.78 is 16.7. The molecule has 6 nitrogen and oxygen atoms in total. The first kappa shape index (κ1) is 17.7. The Morgan fingerprint density at radius 2 is 2.04 bits per heavy atom. The van der Waals surface area contributed by atoms with Crippen LogP contribution in [0.1, 0.15) is 53.1 Å². The second-order valence-corrected chi connectivity index (χ2v) is 8.45. The number of aromatic carboxylic acids is 1. The molecule has 2 aromatic heterocycles. The Balaban J connectivity index is 1.70. The number of nitrogens with one attached hydrogen (secondary N) is 1. The van der Waals surface area contributed by atoms with Gasteiger partial charge in [0.1, 0.15) is 5.56 Å². The Kier molecular flexibility index (Phi) is 3.98. The van der Waals surface area contributed by atoms with Crippen molar-refractivity contribution >= 4 is 17.2 Å². The van der Waals surface area contributed by atoms with E-state index in [2.05, 4.69) is 5.32 Å². The van der Waals surface area contributed by atoms with Gasteiger partial charge in [-0.05, 0) is 74.2 Å². The van der Waals surface area contributed by atoms with Gasteiger partial charge in [-0.25, -0.2) is 4.79 Å². The summed E-state index contributed by atoms with van der Waals surface area (Å²) in [5, 5.41) is 13.0. The van der Waals surface area contributed by atoms with Crippen molar-refractivity contribution in [3.8, 4) is 0 Å². The van der Waals surface area contributed by atoms with Crippen molar-refractivity contribution in [2.45, 2.75) is 44.6 Å². The van der Waals surface area contributed by atoms with Gasteiger partial charge in [0.05, 0.1) is 11.2 Å². The van der Waals surface area contributed by atoms with E-state index < -0.39 is 17.5 Å². The van der Waals surface area contributed by atoms with E-state index >= 15 is 4.39 Å². The number of carbonyl (C=O) groups is 1. The molecular formula is C21H24FN3O3. The van der Waals surface area contributed by atoms with E-state index in [4.69, 9.17) is 0 Å². The number of halogens is 1. The van der Waals surface area contributed by atoms with Crippen molar-refractivity contribution in [1.82, 2.24) is 9.72 Å². The molecule has 28 heavy (non-hydrogen) atoms. The Labute approximate surface area is 162 Å². The number of nitrogens with zero attached hydrogens (tertiary/aromatic N) is 2. The van der Waals surface area contributed by atoms with Gasteiger partial charge in [-0.3, -0.25) is 9.20 Å². The maximum Gasteiger partial charge on any atom is 0.341 e. The van der Waals surface area contributed by atoms with Crippen LogP contribution in [0.3, 0.4) is 0 Å². The van der Waals surface area contributed by atoms with Crippen molar-refractivity contribution in [3.63, 3.8) is 0 Å². The summed E-state index contributed by atoms with van der Waals surface area (Å²) in [6.45, 7) is 4.32. The molecule has 1 aliphatic carbocycles. The molecule has 2 aromatic rings. The van der Waals surface area contributed by atoms with Crippen molar-refractivity contribution in [2.24, 2.45) is 5.92 Å². The van der Waals surface area contributed by atoms with Crippen LogP contribution in [-0.2, 0) is 0 Å². The normalized spacial score (nSPS) is 24.6. The lowest BCUT2D eigenvalue weighted by Gasteiger charge is -2.24. The summed E-state index contributed by atoms with van der Waals surface area (Å²) in [6.07, 6.45) is 4.13. The van der Waals surface area contributed by atoms with Crippen molar-refractivity contribution in [2.75, 3.05) is 24.5 Å². The molecule has 148 valence electrons. The summed E-state index contributed by atoms with van der Waals surface area (Å²) in [6, 6.07) is 3.64. The fourth-order valence-corrected chi connectivity index (χ4v) is 5.02. The number of aromatic nitrogens is 1. The molecular weight excluding hydrogens is 361 g/mol. The number of pyridine rings is 2. The zero-order valence-electron chi connectivity index (χ0n) is 15.9. The summed E-state index contributed by atoms with van der Waals surface area (Å²) in [5.41, 5.74) is 1.34. The highest BCUT2D eigenvalue weighted by Gasteiger charge is 2.37. The Morgan fingerprint density at radius 3 is 2.71 bits per heavy atom. The molecule has 3 aliphatic rings. The zero-order chi connectivity index (χ0) is 19.6. The number of rotatable bonds is 3. The Bertz CT molecular complexity index is 1030. The van der Waals surface area contributed by atoms with Crippen LogP contribution in [0.2, 0.25) is 0 Å². The Morgan fingerprint density at radius 1 is 1.25 bits per heavy atom. The van der Waals surface area contributed by atoms with Crippen LogP contribution >= 0.6 is 0 Å². The van der Waals surface area contributed by atoms with Crippen LogP contribution in [0.15, 0.2) is 16.9 Å². The predicted molar refractivity (Wildman–Crippen MR) is 104 cm³/mol. The molecule has 2 aliphatic heterocycles. The number of carboxylic acids is 1. The third kappa shape index (κ3) is 2.64. The molecule has 5 rings (SSSR count). The molecule has 0 unspecified atom stereocenters. The van der Waals surface area contributed by atoms with Gasteiger partial charge in [0.15, 0.2) is 0 Å². The SMILES string of the molecule is Cc1cc2c(C3CC3)cc(C(=O)O)c(=O)n2c(F)c1N1C[C@@H]2CCCN[C@@H]2C1. The van der Waals surface area contributed by atoms with E-state index in [0.717, 1.165) is 54.3 Å². The third-order valence-corrected chi connectivity index (χ3v) is 6.55. The second-order valence-electron chi connectivity index (χ2n) is 8.45. The highest BCUT2D eigenvalue weighted by Crippen LogP contribution is 2.43. The third-order valence-electron chi connectivity index (χ3n) is 6.55. The lowest BCUT2D eigenvalue weighted by atomic mass is 9.94. The van der Waals surface area contributed by atoms with E-state index in [1.807, 2.05) is 17.9 Å². The fourth-order valence-electron chi connectivity index (χ4n) is 5.02. The first-order valence-corrected chi connectivity index (χ1v) is 10.1. The molecule has 2 saturated heterocycles. The number of anilines is 1. The molecule has 0 radical (unpaired) electrons. The number of fused-ring (bicyclic) bond motifs is 2. The van der Waals surface area contributed by atoms with E-state index in [9.17, 15) is 14.7 Å². The van der Waals surface area contributed by atoms with E-state index in [0.29, 0.717) is 29.7 Å². The highest BCUT2D eigenvalue weighted by molar-refractivity contribution is 5.88. The average molecular weight is 385 g/mol. The second kappa shape index (κ2) is 6.30. The van der Waals surface area contributed by atoms with Gasteiger partial charge in [0.2, 0.25) is 5.95 Å². The van der Waals surface area contributed by atoms with Crippen molar-refractivity contribution < 1.29 is 14.3 Å². The van der Waals surface area contributed by atoms with Gasteiger partial charge >= 0.3 is 5.97 Å².